The van der Waals surface area contributed by atoms with Gasteiger partial charge in [0.1, 0.15) is 0 Å². The molecule has 2 aromatic carbocycles. The Morgan fingerprint density at radius 1 is 1.00 bits per heavy atom. The van der Waals surface area contributed by atoms with Gasteiger partial charge in [0.25, 0.3) is 0 Å². The molecule has 0 spiro atoms. The van der Waals surface area contributed by atoms with Gasteiger partial charge in [-0.25, -0.2) is 0 Å². The Labute approximate surface area is 107 Å². The van der Waals surface area contributed by atoms with E-state index in [4.69, 9.17) is 4.98 Å². The molecule has 87 valence electrons. The molecular weight excluding hydrogens is 218 g/mol. The molecule has 0 aliphatic heterocycles. The summed E-state index contributed by atoms with van der Waals surface area (Å²) >= 11 is 0. The predicted octanol–water partition coefficient (Wildman–Crippen LogP) is 4.32. The first-order chi connectivity index (χ1) is 8.75. The fourth-order valence-electron chi connectivity index (χ4n) is 2.38. The molecule has 18 heavy (non-hydrogen) atoms. The number of fused-ring (bicyclic) bond motifs is 1. The third kappa shape index (κ3) is 1.78. The molecule has 3 rings (SSSR count). The molecule has 0 amide bonds. The van der Waals surface area contributed by atoms with Crippen LogP contribution in [0, 0.1) is 19.9 Å². The lowest BCUT2D eigenvalue weighted by Gasteiger charge is -2.09. The van der Waals surface area contributed by atoms with Gasteiger partial charge < -0.3 is 0 Å². The molecule has 0 bridgehead atoms. The molecule has 0 saturated heterocycles. The maximum Gasteiger partial charge on any atom is 0.0786 e. The zero-order valence-electron chi connectivity index (χ0n) is 10.6. The minimum atomic E-state index is 1.06. The zero-order chi connectivity index (χ0) is 12.5. The third-order valence-electron chi connectivity index (χ3n) is 3.20. The molecular formula is C17H14N. The van der Waals surface area contributed by atoms with Gasteiger partial charge in [-0.15, -0.1) is 0 Å². The Balaban J connectivity index is 2.37. The summed E-state index contributed by atoms with van der Waals surface area (Å²) in [5.41, 5.74) is 5.81. The standard InChI is InChI=1S/C17H14N/c1-12-11-13(2)18-17-15(12)9-6-10-16(17)14-7-4-3-5-8-14/h4-11H,1-2H3. The van der Waals surface area contributed by atoms with Crippen molar-refractivity contribution in [1.29, 1.82) is 0 Å². The molecule has 1 heterocycles. The summed E-state index contributed by atoms with van der Waals surface area (Å²) in [6.07, 6.45) is 0. The molecule has 0 fully saturated rings. The van der Waals surface area contributed by atoms with Crippen LogP contribution in [0.4, 0.5) is 0 Å². The number of aromatic nitrogens is 1. The van der Waals surface area contributed by atoms with Crippen molar-refractivity contribution in [3.8, 4) is 11.1 Å². The third-order valence-corrected chi connectivity index (χ3v) is 3.20. The lowest BCUT2D eigenvalue weighted by atomic mass is 9.99. The van der Waals surface area contributed by atoms with E-state index in [9.17, 15) is 0 Å². The number of pyridine rings is 1. The van der Waals surface area contributed by atoms with Crippen molar-refractivity contribution in [1.82, 2.24) is 4.98 Å². The summed E-state index contributed by atoms with van der Waals surface area (Å²) in [5, 5.41) is 1.23. The lowest BCUT2D eigenvalue weighted by molar-refractivity contribution is 1.23. The average molecular weight is 232 g/mol. The molecule has 1 nitrogen and oxygen atoms in total. The van der Waals surface area contributed by atoms with Crippen LogP contribution < -0.4 is 0 Å². The molecule has 1 heteroatoms. The topological polar surface area (TPSA) is 12.9 Å². The van der Waals surface area contributed by atoms with E-state index in [0.717, 1.165) is 11.2 Å². The minimum absolute atomic E-state index is 1.06. The smallest absolute Gasteiger partial charge is 0.0786 e. The van der Waals surface area contributed by atoms with Crippen LogP contribution in [0.25, 0.3) is 22.0 Å². The van der Waals surface area contributed by atoms with Gasteiger partial charge in [0.2, 0.25) is 0 Å². The molecule has 1 radical (unpaired) electrons. The van der Waals surface area contributed by atoms with Crippen molar-refractivity contribution in [3.05, 3.63) is 65.9 Å². The quantitative estimate of drug-likeness (QED) is 0.609. The number of aryl methyl sites for hydroxylation is 2. The highest BCUT2D eigenvalue weighted by atomic mass is 14.7. The molecule has 0 aliphatic carbocycles. The van der Waals surface area contributed by atoms with Gasteiger partial charge in [0, 0.05) is 16.6 Å². The minimum Gasteiger partial charge on any atom is -0.252 e. The fourth-order valence-corrected chi connectivity index (χ4v) is 2.38. The van der Waals surface area contributed by atoms with Crippen molar-refractivity contribution in [2.75, 3.05) is 0 Å². The van der Waals surface area contributed by atoms with Crippen LogP contribution in [0.5, 0.6) is 0 Å². The highest BCUT2D eigenvalue weighted by Crippen LogP contribution is 2.28. The van der Waals surface area contributed by atoms with Gasteiger partial charge in [-0.1, -0.05) is 42.5 Å². The predicted molar refractivity (Wildman–Crippen MR) is 75.5 cm³/mol. The molecule has 0 N–H and O–H groups in total. The SMILES string of the molecule is Cc1cc(C)c2cccc(-c3cc[c]cc3)c2n1. The highest BCUT2D eigenvalue weighted by Gasteiger charge is 2.06. The van der Waals surface area contributed by atoms with E-state index >= 15 is 0 Å². The fraction of sp³-hybridized carbons (Fsp3) is 0.118. The first-order valence-electron chi connectivity index (χ1n) is 6.09. The summed E-state index contributed by atoms with van der Waals surface area (Å²) in [5.74, 6) is 0. The molecule has 0 unspecified atom stereocenters. The van der Waals surface area contributed by atoms with Crippen molar-refractivity contribution in [2.24, 2.45) is 0 Å². The molecule has 3 aromatic rings. The van der Waals surface area contributed by atoms with Gasteiger partial charge >= 0.3 is 0 Å². The monoisotopic (exact) mass is 232 g/mol. The second-order valence-corrected chi connectivity index (χ2v) is 4.57. The zero-order valence-corrected chi connectivity index (χ0v) is 10.6. The Hall–Kier alpha value is -2.15. The number of hydrogen-bond acceptors (Lipinski definition) is 1. The Kier molecular flexibility index (Phi) is 2.60. The van der Waals surface area contributed by atoms with Crippen LogP contribution >= 0.6 is 0 Å². The lowest BCUT2D eigenvalue weighted by Crippen LogP contribution is -1.90. The Morgan fingerprint density at radius 3 is 2.56 bits per heavy atom. The second-order valence-electron chi connectivity index (χ2n) is 4.57. The first kappa shape index (κ1) is 11.0. The number of para-hydroxylation sites is 1. The largest absolute Gasteiger partial charge is 0.252 e. The van der Waals surface area contributed by atoms with Gasteiger partial charge in [0.15, 0.2) is 0 Å². The molecule has 1 aromatic heterocycles. The van der Waals surface area contributed by atoms with Crippen molar-refractivity contribution in [2.45, 2.75) is 13.8 Å². The van der Waals surface area contributed by atoms with Crippen LogP contribution in [0.15, 0.2) is 48.5 Å². The van der Waals surface area contributed by atoms with Gasteiger partial charge in [-0.05, 0) is 37.1 Å². The first-order valence-corrected chi connectivity index (χ1v) is 6.09. The summed E-state index contributed by atoms with van der Waals surface area (Å²) in [7, 11) is 0. The van der Waals surface area contributed by atoms with Gasteiger partial charge in [-0.3, -0.25) is 4.98 Å². The number of rotatable bonds is 1. The maximum absolute atomic E-state index is 4.70. The Morgan fingerprint density at radius 2 is 1.78 bits per heavy atom. The summed E-state index contributed by atoms with van der Waals surface area (Å²) in [6, 6.07) is 19.6. The van der Waals surface area contributed by atoms with E-state index in [0.29, 0.717) is 0 Å². The Bertz CT molecular complexity index is 699. The van der Waals surface area contributed by atoms with E-state index in [2.05, 4.69) is 49.4 Å². The van der Waals surface area contributed by atoms with Gasteiger partial charge in [0.05, 0.1) is 5.52 Å². The van der Waals surface area contributed by atoms with Crippen molar-refractivity contribution in [3.63, 3.8) is 0 Å². The summed E-state index contributed by atoms with van der Waals surface area (Å²) in [6.45, 7) is 4.18. The normalized spacial score (nSPS) is 10.8. The van der Waals surface area contributed by atoms with Crippen molar-refractivity contribution < 1.29 is 0 Å². The molecule has 0 aliphatic rings. The summed E-state index contributed by atoms with van der Waals surface area (Å²) < 4.78 is 0. The van der Waals surface area contributed by atoms with E-state index in [-0.39, 0.29) is 0 Å². The molecule has 0 saturated carbocycles. The van der Waals surface area contributed by atoms with E-state index in [1.165, 1.54) is 22.1 Å². The highest BCUT2D eigenvalue weighted by molar-refractivity contribution is 5.95. The maximum atomic E-state index is 4.70. The molecule has 0 atom stereocenters. The van der Waals surface area contributed by atoms with Crippen LogP contribution in [-0.4, -0.2) is 4.98 Å². The summed E-state index contributed by atoms with van der Waals surface area (Å²) in [4.78, 5) is 4.70. The average Bonchev–Trinajstić information content (AvgIpc) is 2.39. The number of hydrogen-bond donors (Lipinski definition) is 0. The van der Waals surface area contributed by atoms with Crippen molar-refractivity contribution >= 4 is 10.9 Å². The number of benzene rings is 2. The van der Waals surface area contributed by atoms with Crippen LogP contribution in [0.3, 0.4) is 0 Å². The van der Waals surface area contributed by atoms with Crippen LogP contribution in [0.1, 0.15) is 11.3 Å². The van der Waals surface area contributed by atoms with Crippen LogP contribution in [0.2, 0.25) is 0 Å². The van der Waals surface area contributed by atoms with E-state index in [1.807, 2.05) is 19.1 Å². The van der Waals surface area contributed by atoms with Gasteiger partial charge in [-0.2, -0.15) is 0 Å². The van der Waals surface area contributed by atoms with E-state index < -0.39 is 0 Å². The van der Waals surface area contributed by atoms with Crippen LogP contribution in [-0.2, 0) is 0 Å². The van der Waals surface area contributed by atoms with E-state index in [1.54, 1.807) is 0 Å². The second kappa shape index (κ2) is 4.26. The number of nitrogens with zero attached hydrogens (tertiary/aromatic N) is 1.